The number of fused-ring (bicyclic) bond motifs is 1. The number of nitrogens with zero attached hydrogens (tertiary/aromatic N) is 1. The van der Waals surface area contributed by atoms with Crippen LogP contribution in [0.1, 0.15) is 54.2 Å². The number of rotatable bonds is 10. The van der Waals surface area contributed by atoms with Gasteiger partial charge < -0.3 is 30.2 Å². The first-order valence-electron chi connectivity index (χ1n) is 12.6. The molecule has 0 amide bonds. The zero-order chi connectivity index (χ0) is 27.1. The number of ketones is 1. The Morgan fingerprint density at radius 3 is 2.61 bits per heavy atom. The number of aliphatic hydroxyl groups excluding tert-OH is 1. The molecule has 1 aliphatic carbocycles. The molecule has 0 unspecified atom stereocenters. The maximum atomic E-state index is 13.6. The molecule has 1 fully saturated rings. The Labute approximate surface area is 220 Å². The molecule has 2 atom stereocenters. The highest BCUT2D eigenvalue weighted by molar-refractivity contribution is 5.96. The number of methoxy groups -OCH3 is 1. The summed E-state index contributed by atoms with van der Waals surface area (Å²) >= 11 is 0. The van der Waals surface area contributed by atoms with Gasteiger partial charge in [-0.25, -0.2) is 9.37 Å². The molecule has 2 heterocycles. The summed E-state index contributed by atoms with van der Waals surface area (Å²) in [6.45, 7) is 1.32. The molecule has 0 radical (unpaired) electrons. The van der Waals surface area contributed by atoms with Crippen LogP contribution in [0.15, 0.2) is 48.5 Å². The molecule has 0 saturated heterocycles. The Balaban J connectivity index is 1.43. The number of carbonyl (C=O) groups excluding carboxylic acids is 1. The second-order valence-electron chi connectivity index (χ2n) is 10.2. The highest BCUT2D eigenvalue weighted by atomic mass is 19.1. The number of hydrogen-bond acceptors (Lipinski definition) is 8. The topological polar surface area (TPSA) is 124 Å². The van der Waals surface area contributed by atoms with E-state index in [2.05, 4.69) is 4.98 Å². The summed E-state index contributed by atoms with van der Waals surface area (Å²) in [5, 5.41) is 21.8. The number of halogens is 1. The van der Waals surface area contributed by atoms with Crippen molar-refractivity contribution in [3.05, 3.63) is 71.2 Å². The quantitative estimate of drug-likeness (QED) is 0.343. The van der Waals surface area contributed by atoms with E-state index in [-0.39, 0.29) is 37.0 Å². The number of carbonyl (C=O) groups is 1. The van der Waals surface area contributed by atoms with Gasteiger partial charge in [0.05, 0.1) is 31.1 Å². The van der Waals surface area contributed by atoms with E-state index in [1.165, 1.54) is 19.2 Å². The summed E-state index contributed by atoms with van der Waals surface area (Å²) in [7, 11) is 1.51. The number of ether oxygens (including phenoxy) is 3. The van der Waals surface area contributed by atoms with Gasteiger partial charge in [0.1, 0.15) is 23.7 Å². The number of hydrogen-bond donors (Lipinski definition) is 3. The Bertz CT molecular complexity index is 1360. The minimum Gasteiger partial charge on any atom is -0.493 e. The Hall–Kier alpha value is -3.53. The molecular weight excluding hydrogens is 491 g/mol. The van der Waals surface area contributed by atoms with Crippen molar-refractivity contribution < 1.29 is 33.6 Å². The largest absolute Gasteiger partial charge is 0.493 e. The number of benzene rings is 2. The molecule has 1 aromatic heterocycles. The van der Waals surface area contributed by atoms with Crippen molar-refractivity contribution in [3.8, 4) is 28.5 Å². The lowest BCUT2D eigenvalue weighted by molar-refractivity contribution is -0.0298. The maximum absolute atomic E-state index is 13.6. The number of Topliss-reactive ketones (excluding diaryl/α,β-unsaturated/α-hetero) is 1. The van der Waals surface area contributed by atoms with Gasteiger partial charge in [-0.1, -0.05) is 0 Å². The fraction of sp³-hybridized carbons (Fsp3) is 0.379. The van der Waals surface area contributed by atoms with Crippen molar-refractivity contribution in [1.82, 2.24) is 4.98 Å². The van der Waals surface area contributed by atoms with Gasteiger partial charge >= 0.3 is 0 Å². The molecule has 9 heteroatoms. The van der Waals surface area contributed by atoms with Gasteiger partial charge in [-0.15, -0.1) is 0 Å². The summed E-state index contributed by atoms with van der Waals surface area (Å²) in [5.41, 5.74) is 5.86. The monoisotopic (exact) mass is 522 g/mol. The van der Waals surface area contributed by atoms with E-state index >= 15 is 0 Å². The fourth-order valence-electron chi connectivity index (χ4n) is 4.50. The van der Waals surface area contributed by atoms with E-state index in [1.54, 1.807) is 43.3 Å². The van der Waals surface area contributed by atoms with E-state index in [9.17, 15) is 19.4 Å². The second-order valence-corrected chi connectivity index (χ2v) is 10.2. The lowest BCUT2D eigenvalue weighted by atomic mass is 9.87. The molecule has 1 saturated carbocycles. The summed E-state index contributed by atoms with van der Waals surface area (Å²) in [6, 6.07) is 12.3. The van der Waals surface area contributed by atoms with Crippen LogP contribution >= 0.6 is 0 Å². The Kier molecular flexibility index (Phi) is 6.85. The maximum Gasteiger partial charge on any atom is 0.163 e. The predicted octanol–water partition coefficient (Wildman–Crippen LogP) is 3.85. The van der Waals surface area contributed by atoms with Crippen LogP contribution in [0, 0.1) is 5.82 Å². The first-order chi connectivity index (χ1) is 18.1. The SMILES string of the molecule is COc1cc(C(=O)CC[C@@](O)(CO)c2cc3c(c(-c4ccc(F)cc4)n2)OC[C@]3(C)N)ccc1OC1CC1. The third-order valence-electron chi connectivity index (χ3n) is 7.03. The number of pyridine rings is 1. The van der Waals surface area contributed by atoms with Crippen molar-refractivity contribution in [2.45, 2.75) is 49.9 Å². The van der Waals surface area contributed by atoms with Gasteiger partial charge in [0.25, 0.3) is 0 Å². The molecule has 8 nitrogen and oxygen atoms in total. The van der Waals surface area contributed by atoms with Gasteiger partial charge in [0.2, 0.25) is 0 Å². The molecule has 2 aromatic carbocycles. The Morgan fingerprint density at radius 1 is 1.21 bits per heavy atom. The van der Waals surface area contributed by atoms with Crippen LogP contribution in [-0.4, -0.2) is 47.4 Å². The standard InChI is InChI=1S/C29H31FN2O6/c1-28(31)16-37-27-21(28)14-25(32-26(27)17-3-6-19(30)7-4-17)29(35,15-33)12-11-22(34)18-5-10-23(24(13-18)36-2)38-20-8-9-20/h3-7,10,13-14,20,33,35H,8-9,11-12,15-16,31H2,1-2H3/t28-,29+/m0/s1. The molecule has 5 rings (SSSR count). The molecule has 3 aromatic rings. The van der Waals surface area contributed by atoms with E-state index in [1.807, 2.05) is 0 Å². The van der Waals surface area contributed by atoms with Gasteiger partial charge in [-0.05, 0) is 74.7 Å². The third-order valence-corrected chi connectivity index (χ3v) is 7.03. The lowest BCUT2D eigenvalue weighted by Gasteiger charge is -2.27. The highest BCUT2D eigenvalue weighted by Crippen LogP contribution is 2.44. The summed E-state index contributed by atoms with van der Waals surface area (Å²) in [6.07, 6.45) is 2.02. The van der Waals surface area contributed by atoms with E-state index in [0.717, 1.165) is 12.8 Å². The minimum atomic E-state index is -1.84. The van der Waals surface area contributed by atoms with E-state index < -0.39 is 23.6 Å². The van der Waals surface area contributed by atoms with Crippen LogP contribution in [0.5, 0.6) is 17.2 Å². The number of nitrogens with two attached hydrogens (primary N) is 1. The average Bonchev–Trinajstić information content (AvgIpc) is 3.69. The van der Waals surface area contributed by atoms with Crippen molar-refractivity contribution in [2.24, 2.45) is 5.73 Å². The zero-order valence-electron chi connectivity index (χ0n) is 21.4. The summed E-state index contributed by atoms with van der Waals surface area (Å²) < 4.78 is 30.6. The van der Waals surface area contributed by atoms with Crippen molar-refractivity contribution in [1.29, 1.82) is 0 Å². The number of aromatic nitrogens is 1. The van der Waals surface area contributed by atoms with Gasteiger partial charge in [0, 0.05) is 23.1 Å². The number of aliphatic hydroxyl groups is 2. The zero-order valence-corrected chi connectivity index (χ0v) is 21.4. The molecule has 4 N–H and O–H groups in total. The predicted molar refractivity (Wildman–Crippen MR) is 138 cm³/mol. The average molecular weight is 523 g/mol. The molecule has 0 spiro atoms. The fourth-order valence-corrected chi connectivity index (χ4v) is 4.50. The molecule has 200 valence electrons. The molecule has 0 bridgehead atoms. The minimum absolute atomic E-state index is 0.0654. The van der Waals surface area contributed by atoms with E-state index in [0.29, 0.717) is 39.6 Å². The van der Waals surface area contributed by atoms with Crippen LogP contribution in [0.3, 0.4) is 0 Å². The smallest absolute Gasteiger partial charge is 0.163 e. The molecule has 38 heavy (non-hydrogen) atoms. The normalized spacial score (nSPS) is 19.8. The van der Waals surface area contributed by atoms with Crippen molar-refractivity contribution in [3.63, 3.8) is 0 Å². The molecular formula is C29H31FN2O6. The van der Waals surface area contributed by atoms with Crippen LogP contribution in [0.25, 0.3) is 11.3 Å². The van der Waals surface area contributed by atoms with Crippen molar-refractivity contribution >= 4 is 5.78 Å². The van der Waals surface area contributed by atoms with E-state index in [4.69, 9.17) is 19.9 Å². The lowest BCUT2D eigenvalue weighted by Crippen LogP contribution is -2.36. The molecule has 2 aliphatic rings. The summed E-state index contributed by atoms with van der Waals surface area (Å²) in [5.74, 6) is 0.857. The van der Waals surface area contributed by atoms with Gasteiger partial charge in [-0.2, -0.15) is 0 Å². The van der Waals surface area contributed by atoms with Crippen LogP contribution in [-0.2, 0) is 11.1 Å². The first kappa shape index (κ1) is 26.1. The third kappa shape index (κ3) is 5.09. The van der Waals surface area contributed by atoms with Crippen LogP contribution < -0.4 is 19.9 Å². The van der Waals surface area contributed by atoms with Crippen molar-refractivity contribution in [2.75, 3.05) is 20.3 Å². The first-order valence-corrected chi connectivity index (χ1v) is 12.6. The Morgan fingerprint density at radius 2 is 1.95 bits per heavy atom. The summed E-state index contributed by atoms with van der Waals surface area (Å²) in [4.78, 5) is 17.7. The van der Waals surface area contributed by atoms with Gasteiger partial charge in [0.15, 0.2) is 23.0 Å². The van der Waals surface area contributed by atoms with Gasteiger partial charge in [-0.3, -0.25) is 4.79 Å². The van der Waals surface area contributed by atoms with Crippen LogP contribution in [0.2, 0.25) is 0 Å². The molecule has 1 aliphatic heterocycles. The van der Waals surface area contributed by atoms with Crippen LogP contribution in [0.4, 0.5) is 4.39 Å². The highest BCUT2D eigenvalue weighted by Gasteiger charge is 2.39. The second kappa shape index (κ2) is 9.98.